The normalized spacial score (nSPS) is 24.0. The molecule has 4 atom stereocenters. The number of carbonyl (C=O) groups excluding carboxylic acids is 1. The Kier molecular flexibility index (Phi) is 5.41. The summed E-state index contributed by atoms with van der Waals surface area (Å²) in [4.78, 5) is 21.7. The highest BCUT2D eigenvalue weighted by Crippen LogP contribution is 2.33. The molecule has 0 bridgehead atoms. The van der Waals surface area contributed by atoms with Gasteiger partial charge in [-0.05, 0) is 36.4 Å². The fourth-order valence-corrected chi connectivity index (χ4v) is 4.54. The largest absolute Gasteiger partial charge is 0.454 e. The lowest BCUT2D eigenvalue weighted by Gasteiger charge is -2.18. The number of anilines is 1. The van der Waals surface area contributed by atoms with Crippen LogP contribution in [0.3, 0.4) is 0 Å². The fourth-order valence-electron chi connectivity index (χ4n) is 4.54. The molecule has 10 heteroatoms. The summed E-state index contributed by atoms with van der Waals surface area (Å²) in [5.41, 5.74) is 2.58. The molecule has 1 aromatic heterocycles. The van der Waals surface area contributed by atoms with E-state index < -0.39 is 0 Å². The zero-order valence-electron chi connectivity index (χ0n) is 18.5. The van der Waals surface area contributed by atoms with E-state index in [0.717, 1.165) is 5.56 Å². The topological polar surface area (TPSA) is 128 Å². The van der Waals surface area contributed by atoms with Crippen molar-refractivity contribution < 1.29 is 23.7 Å². The van der Waals surface area contributed by atoms with Crippen molar-refractivity contribution in [1.82, 2.24) is 15.3 Å². The molecule has 3 aliphatic rings. The number of rotatable bonds is 5. The van der Waals surface area contributed by atoms with Crippen molar-refractivity contribution in [1.29, 1.82) is 5.26 Å². The molecule has 0 saturated carbocycles. The third-order valence-corrected chi connectivity index (χ3v) is 6.26. The zero-order valence-corrected chi connectivity index (χ0v) is 18.5. The third kappa shape index (κ3) is 4.12. The minimum atomic E-state index is -0.291. The SMILES string of the molecule is N#Cc1cccc(-c2ccnc(NC3COC4C(NC(=O)c5ccc6c(c5)OCO6)COC34)n2)c1. The summed E-state index contributed by atoms with van der Waals surface area (Å²) < 4.78 is 22.6. The lowest BCUT2D eigenvalue weighted by Crippen LogP contribution is -2.44. The van der Waals surface area contributed by atoms with Gasteiger partial charge >= 0.3 is 0 Å². The van der Waals surface area contributed by atoms with Crippen molar-refractivity contribution in [3.63, 3.8) is 0 Å². The number of hydrogen-bond donors (Lipinski definition) is 2. The highest BCUT2D eigenvalue weighted by Gasteiger charge is 2.48. The lowest BCUT2D eigenvalue weighted by atomic mass is 10.1. The van der Waals surface area contributed by atoms with Crippen molar-refractivity contribution in [2.75, 3.05) is 25.3 Å². The van der Waals surface area contributed by atoms with Crippen molar-refractivity contribution in [2.24, 2.45) is 0 Å². The number of hydrogen-bond acceptors (Lipinski definition) is 9. The Morgan fingerprint density at radius 1 is 1.00 bits per heavy atom. The summed E-state index contributed by atoms with van der Waals surface area (Å²) in [5.74, 6) is 1.40. The zero-order chi connectivity index (χ0) is 23.8. The van der Waals surface area contributed by atoms with Gasteiger partial charge in [-0.15, -0.1) is 0 Å². The van der Waals surface area contributed by atoms with Gasteiger partial charge in [-0.3, -0.25) is 4.79 Å². The average molecular weight is 471 g/mol. The van der Waals surface area contributed by atoms with E-state index in [-0.39, 0.29) is 37.0 Å². The molecule has 10 nitrogen and oxygen atoms in total. The summed E-state index contributed by atoms with van der Waals surface area (Å²) >= 11 is 0. The molecule has 0 aliphatic carbocycles. The smallest absolute Gasteiger partial charge is 0.251 e. The van der Waals surface area contributed by atoms with Gasteiger partial charge in [0.2, 0.25) is 12.7 Å². The summed E-state index contributed by atoms with van der Waals surface area (Å²) in [5, 5.41) is 15.5. The first-order valence-electron chi connectivity index (χ1n) is 11.2. The monoisotopic (exact) mass is 471 g/mol. The molecular formula is C25H21N5O5. The summed E-state index contributed by atoms with van der Waals surface area (Å²) in [7, 11) is 0. The molecule has 3 aromatic rings. The van der Waals surface area contributed by atoms with E-state index in [1.54, 1.807) is 42.6 Å². The van der Waals surface area contributed by atoms with Gasteiger partial charge in [-0.1, -0.05) is 12.1 Å². The fraction of sp³-hybridized carbons (Fsp3) is 0.280. The second kappa shape index (κ2) is 8.87. The molecule has 2 fully saturated rings. The predicted octanol–water partition coefficient (Wildman–Crippen LogP) is 2.12. The standard InChI is InChI=1S/C25H21N5O5/c26-10-14-2-1-3-15(8-14)17-6-7-27-25(29-17)30-19-12-33-22-18(11-32-23(19)22)28-24(31)16-4-5-20-21(9-16)35-13-34-20/h1-9,18-19,22-23H,11-13H2,(H,28,31)(H,27,29,30). The molecule has 0 spiro atoms. The van der Waals surface area contributed by atoms with E-state index in [4.69, 9.17) is 24.2 Å². The second-order valence-electron chi connectivity index (χ2n) is 8.45. The Hall–Kier alpha value is -4.20. The molecule has 2 saturated heterocycles. The molecule has 4 unspecified atom stereocenters. The van der Waals surface area contributed by atoms with E-state index in [1.165, 1.54) is 0 Å². The van der Waals surface area contributed by atoms with Gasteiger partial charge in [-0.25, -0.2) is 9.97 Å². The van der Waals surface area contributed by atoms with Crippen LogP contribution in [0.1, 0.15) is 15.9 Å². The number of fused-ring (bicyclic) bond motifs is 2. The van der Waals surface area contributed by atoms with Crippen LogP contribution in [0.15, 0.2) is 54.7 Å². The first-order valence-corrected chi connectivity index (χ1v) is 11.2. The van der Waals surface area contributed by atoms with Gasteiger partial charge in [0.05, 0.1) is 42.6 Å². The van der Waals surface area contributed by atoms with Crippen LogP contribution in [0.25, 0.3) is 11.3 Å². The minimum absolute atomic E-state index is 0.154. The van der Waals surface area contributed by atoms with Gasteiger partial charge < -0.3 is 29.6 Å². The Bertz CT molecular complexity index is 1330. The van der Waals surface area contributed by atoms with Gasteiger partial charge in [0, 0.05) is 17.3 Å². The van der Waals surface area contributed by atoms with Crippen LogP contribution >= 0.6 is 0 Å². The van der Waals surface area contributed by atoms with Crippen molar-refractivity contribution in [3.05, 3.63) is 65.9 Å². The number of carbonyl (C=O) groups is 1. The molecule has 2 aromatic carbocycles. The maximum atomic E-state index is 12.8. The van der Waals surface area contributed by atoms with Crippen LogP contribution < -0.4 is 20.1 Å². The molecule has 0 radical (unpaired) electrons. The summed E-state index contributed by atoms with van der Waals surface area (Å²) in [6, 6.07) is 15.8. The first-order chi connectivity index (χ1) is 17.2. The molecular weight excluding hydrogens is 450 g/mol. The third-order valence-electron chi connectivity index (χ3n) is 6.26. The number of benzene rings is 2. The molecule has 6 rings (SSSR count). The van der Waals surface area contributed by atoms with Crippen molar-refractivity contribution in [3.8, 4) is 28.8 Å². The minimum Gasteiger partial charge on any atom is -0.454 e. The van der Waals surface area contributed by atoms with Crippen LogP contribution in [0.5, 0.6) is 11.5 Å². The Morgan fingerprint density at radius 2 is 1.83 bits per heavy atom. The maximum Gasteiger partial charge on any atom is 0.251 e. The summed E-state index contributed by atoms with van der Waals surface area (Å²) in [6.45, 7) is 0.886. The van der Waals surface area contributed by atoms with Crippen LogP contribution in [-0.4, -0.2) is 60.2 Å². The molecule has 1 amide bonds. The summed E-state index contributed by atoms with van der Waals surface area (Å²) in [6.07, 6.45) is 1.12. The number of aromatic nitrogens is 2. The molecule has 176 valence electrons. The molecule has 3 aliphatic heterocycles. The predicted molar refractivity (Wildman–Crippen MR) is 123 cm³/mol. The maximum absolute atomic E-state index is 12.8. The van der Waals surface area contributed by atoms with E-state index >= 15 is 0 Å². The van der Waals surface area contributed by atoms with Crippen molar-refractivity contribution >= 4 is 11.9 Å². The van der Waals surface area contributed by atoms with Gasteiger partial charge in [0.1, 0.15) is 12.2 Å². The van der Waals surface area contributed by atoms with Crippen LogP contribution in [-0.2, 0) is 9.47 Å². The van der Waals surface area contributed by atoms with E-state index in [2.05, 4.69) is 26.7 Å². The van der Waals surface area contributed by atoms with Crippen LogP contribution in [0, 0.1) is 11.3 Å². The number of nitrogens with one attached hydrogen (secondary N) is 2. The van der Waals surface area contributed by atoms with Gasteiger partial charge in [0.15, 0.2) is 11.5 Å². The number of ether oxygens (including phenoxy) is 4. The quantitative estimate of drug-likeness (QED) is 0.575. The average Bonchev–Trinajstić information content (AvgIpc) is 3.62. The Balaban J connectivity index is 1.11. The Morgan fingerprint density at radius 3 is 2.71 bits per heavy atom. The highest BCUT2D eigenvalue weighted by atomic mass is 16.7. The lowest BCUT2D eigenvalue weighted by molar-refractivity contribution is 0.0652. The van der Waals surface area contributed by atoms with E-state index in [0.29, 0.717) is 47.5 Å². The first kappa shape index (κ1) is 21.3. The Labute approximate surface area is 200 Å². The molecule has 4 heterocycles. The van der Waals surface area contributed by atoms with Crippen LogP contribution in [0.4, 0.5) is 5.95 Å². The number of amides is 1. The highest BCUT2D eigenvalue weighted by molar-refractivity contribution is 5.95. The van der Waals surface area contributed by atoms with E-state index in [9.17, 15) is 4.79 Å². The molecule has 35 heavy (non-hydrogen) atoms. The van der Waals surface area contributed by atoms with Gasteiger partial charge in [-0.2, -0.15) is 5.26 Å². The number of nitrogens with zero attached hydrogens (tertiary/aromatic N) is 3. The van der Waals surface area contributed by atoms with E-state index in [1.807, 2.05) is 12.1 Å². The van der Waals surface area contributed by atoms with Crippen molar-refractivity contribution in [2.45, 2.75) is 24.3 Å². The van der Waals surface area contributed by atoms with Crippen LogP contribution in [0.2, 0.25) is 0 Å². The second-order valence-corrected chi connectivity index (χ2v) is 8.45. The number of nitriles is 1. The molecule has 2 N–H and O–H groups in total. The van der Waals surface area contributed by atoms with Gasteiger partial charge in [0.25, 0.3) is 5.91 Å².